The molecular formula is C12H19NO2S. The third-order valence-corrected chi connectivity index (χ3v) is 2.98. The van der Waals surface area contributed by atoms with Crippen LogP contribution in [0.2, 0.25) is 0 Å². The van der Waals surface area contributed by atoms with Crippen LogP contribution < -0.4 is 10.1 Å². The summed E-state index contributed by atoms with van der Waals surface area (Å²) in [5.41, 5.74) is 1.20. The lowest BCUT2D eigenvalue weighted by Crippen LogP contribution is -2.23. The van der Waals surface area contributed by atoms with Crippen molar-refractivity contribution in [2.24, 2.45) is 0 Å². The highest BCUT2D eigenvalue weighted by atomic mass is 32.2. The van der Waals surface area contributed by atoms with E-state index in [2.05, 4.69) is 11.4 Å². The van der Waals surface area contributed by atoms with Crippen molar-refractivity contribution in [3.63, 3.8) is 0 Å². The number of rotatable bonds is 6. The molecule has 0 amide bonds. The number of nitrogens with one attached hydrogen (secondary N) is 1. The van der Waals surface area contributed by atoms with Gasteiger partial charge in [-0.3, -0.25) is 0 Å². The molecular weight excluding hydrogens is 222 g/mol. The fourth-order valence-corrected chi connectivity index (χ4v) is 2.04. The predicted molar refractivity (Wildman–Crippen MR) is 68.2 cm³/mol. The van der Waals surface area contributed by atoms with E-state index in [1.54, 1.807) is 25.8 Å². The first kappa shape index (κ1) is 13.4. The number of aliphatic hydroxyl groups is 1. The zero-order valence-corrected chi connectivity index (χ0v) is 10.8. The number of benzene rings is 1. The van der Waals surface area contributed by atoms with Crippen LogP contribution in [0.1, 0.15) is 12.5 Å². The van der Waals surface area contributed by atoms with E-state index >= 15 is 0 Å². The van der Waals surface area contributed by atoms with Crippen molar-refractivity contribution in [3.8, 4) is 5.75 Å². The maximum Gasteiger partial charge on any atom is 0.132 e. The molecule has 0 aliphatic carbocycles. The highest BCUT2D eigenvalue weighted by Crippen LogP contribution is 2.28. The Labute approximate surface area is 101 Å². The van der Waals surface area contributed by atoms with Crippen molar-refractivity contribution < 1.29 is 9.84 Å². The van der Waals surface area contributed by atoms with E-state index in [1.165, 1.54) is 5.56 Å². The van der Waals surface area contributed by atoms with Crippen molar-refractivity contribution in [2.45, 2.75) is 24.5 Å². The molecule has 2 N–H and O–H groups in total. The van der Waals surface area contributed by atoms with Gasteiger partial charge in [0.2, 0.25) is 0 Å². The van der Waals surface area contributed by atoms with Gasteiger partial charge in [0.25, 0.3) is 0 Å². The predicted octanol–water partition coefficient (Wildman–Crippen LogP) is 1.89. The molecule has 1 atom stereocenters. The first-order valence-electron chi connectivity index (χ1n) is 5.27. The molecule has 90 valence electrons. The van der Waals surface area contributed by atoms with E-state index in [0.717, 1.165) is 17.2 Å². The smallest absolute Gasteiger partial charge is 0.132 e. The maximum absolute atomic E-state index is 9.13. The van der Waals surface area contributed by atoms with Crippen molar-refractivity contribution in [1.29, 1.82) is 0 Å². The van der Waals surface area contributed by atoms with E-state index in [0.29, 0.717) is 6.54 Å². The molecule has 0 aliphatic heterocycles. The van der Waals surface area contributed by atoms with E-state index in [-0.39, 0.29) is 6.10 Å². The third kappa shape index (κ3) is 4.04. The fourth-order valence-electron chi connectivity index (χ4n) is 1.42. The van der Waals surface area contributed by atoms with Crippen molar-refractivity contribution in [3.05, 3.63) is 23.8 Å². The van der Waals surface area contributed by atoms with Gasteiger partial charge < -0.3 is 15.2 Å². The lowest BCUT2D eigenvalue weighted by atomic mass is 10.2. The minimum atomic E-state index is -0.307. The lowest BCUT2D eigenvalue weighted by Gasteiger charge is -2.10. The van der Waals surface area contributed by atoms with E-state index < -0.39 is 0 Å². The Hall–Kier alpha value is -0.710. The SMILES string of the molecule is COc1ccc(CNC[C@H](C)O)cc1SC. The minimum absolute atomic E-state index is 0.307. The van der Waals surface area contributed by atoms with Gasteiger partial charge in [-0.05, 0) is 30.9 Å². The minimum Gasteiger partial charge on any atom is -0.496 e. The Morgan fingerprint density at radius 2 is 2.25 bits per heavy atom. The van der Waals surface area contributed by atoms with Gasteiger partial charge in [0.05, 0.1) is 13.2 Å². The zero-order chi connectivity index (χ0) is 12.0. The van der Waals surface area contributed by atoms with Crippen LogP contribution in [-0.2, 0) is 6.54 Å². The van der Waals surface area contributed by atoms with Crippen LogP contribution in [0.15, 0.2) is 23.1 Å². The fraction of sp³-hybridized carbons (Fsp3) is 0.500. The molecule has 0 unspecified atom stereocenters. The summed E-state index contributed by atoms with van der Waals surface area (Å²) in [6.45, 7) is 3.15. The van der Waals surface area contributed by atoms with Gasteiger partial charge in [0.15, 0.2) is 0 Å². The number of hydrogen-bond acceptors (Lipinski definition) is 4. The Morgan fingerprint density at radius 1 is 1.50 bits per heavy atom. The van der Waals surface area contributed by atoms with Crippen LogP contribution in [0.3, 0.4) is 0 Å². The van der Waals surface area contributed by atoms with Crippen LogP contribution in [0.5, 0.6) is 5.75 Å². The number of ether oxygens (including phenoxy) is 1. The zero-order valence-electron chi connectivity index (χ0n) is 9.99. The van der Waals surface area contributed by atoms with Crippen LogP contribution in [0.4, 0.5) is 0 Å². The second-order valence-corrected chi connectivity index (χ2v) is 4.52. The highest BCUT2D eigenvalue weighted by molar-refractivity contribution is 7.98. The van der Waals surface area contributed by atoms with Gasteiger partial charge in [0, 0.05) is 18.0 Å². The van der Waals surface area contributed by atoms with Crippen LogP contribution >= 0.6 is 11.8 Å². The molecule has 0 aliphatic rings. The summed E-state index contributed by atoms with van der Waals surface area (Å²) >= 11 is 1.67. The molecule has 1 aromatic rings. The average Bonchev–Trinajstić information content (AvgIpc) is 2.28. The summed E-state index contributed by atoms with van der Waals surface area (Å²) in [5, 5.41) is 12.3. The summed E-state index contributed by atoms with van der Waals surface area (Å²) in [4.78, 5) is 1.14. The third-order valence-electron chi connectivity index (χ3n) is 2.22. The second kappa shape index (κ2) is 6.78. The molecule has 0 radical (unpaired) electrons. The number of aliphatic hydroxyl groups excluding tert-OH is 1. The first-order chi connectivity index (χ1) is 7.67. The van der Waals surface area contributed by atoms with Crippen LogP contribution in [0, 0.1) is 0 Å². The Bertz CT molecular complexity index is 329. The van der Waals surface area contributed by atoms with E-state index in [9.17, 15) is 0 Å². The molecule has 1 aromatic carbocycles. The summed E-state index contributed by atoms with van der Waals surface area (Å²) in [7, 11) is 1.68. The Balaban J connectivity index is 2.60. The molecule has 0 bridgehead atoms. The standard InChI is InChI=1S/C12H19NO2S/c1-9(14)7-13-8-10-4-5-11(15-2)12(6-10)16-3/h4-6,9,13-14H,7-8H2,1-3H3/t9-/m0/s1. The largest absolute Gasteiger partial charge is 0.496 e. The summed E-state index contributed by atoms with van der Waals surface area (Å²) in [6.07, 6.45) is 1.73. The molecule has 3 nitrogen and oxygen atoms in total. The summed E-state index contributed by atoms with van der Waals surface area (Å²) in [5.74, 6) is 0.909. The van der Waals surface area contributed by atoms with Crippen molar-refractivity contribution >= 4 is 11.8 Å². The molecule has 1 rings (SSSR count). The number of hydrogen-bond donors (Lipinski definition) is 2. The highest BCUT2D eigenvalue weighted by Gasteiger charge is 2.03. The molecule has 0 fully saturated rings. The van der Waals surface area contributed by atoms with E-state index in [4.69, 9.17) is 9.84 Å². The van der Waals surface area contributed by atoms with Crippen molar-refractivity contribution in [1.82, 2.24) is 5.32 Å². The molecule has 0 heterocycles. The summed E-state index contributed by atoms with van der Waals surface area (Å²) < 4.78 is 5.25. The van der Waals surface area contributed by atoms with Crippen LogP contribution in [0.25, 0.3) is 0 Å². The molecule has 0 saturated carbocycles. The molecule has 0 saturated heterocycles. The Morgan fingerprint density at radius 3 is 2.81 bits per heavy atom. The number of thioether (sulfide) groups is 1. The van der Waals surface area contributed by atoms with Gasteiger partial charge in [0.1, 0.15) is 5.75 Å². The van der Waals surface area contributed by atoms with Gasteiger partial charge in [-0.1, -0.05) is 6.07 Å². The van der Waals surface area contributed by atoms with Crippen LogP contribution in [-0.4, -0.2) is 31.1 Å². The maximum atomic E-state index is 9.13. The van der Waals surface area contributed by atoms with Gasteiger partial charge in [-0.2, -0.15) is 0 Å². The van der Waals surface area contributed by atoms with Crippen molar-refractivity contribution in [2.75, 3.05) is 19.9 Å². The monoisotopic (exact) mass is 241 g/mol. The lowest BCUT2D eigenvalue weighted by molar-refractivity contribution is 0.191. The first-order valence-corrected chi connectivity index (χ1v) is 6.49. The number of methoxy groups -OCH3 is 1. The average molecular weight is 241 g/mol. The summed E-state index contributed by atoms with van der Waals surface area (Å²) in [6, 6.07) is 6.12. The molecule has 0 spiro atoms. The topological polar surface area (TPSA) is 41.5 Å². The molecule has 0 aromatic heterocycles. The molecule has 16 heavy (non-hydrogen) atoms. The second-order valence-electron chi connectivity index (χ2n) is 3.67. The van der Waals surface area contributed by atoms with Gasteiger partial charge >= 0.3 is 0 Å². The van der Waals surface area contributed by atoms with Gasteiger partial charge in [-0.15, -0.1) is 11.8 Å². The molecule has 4 heteroatoms. The van der Waals surface area contributed by atoms with Gasteiger partial charge in [-0.25, -0.2) is 0 Å². The quantitative estimate of drug-likeness (QED) is 0.746. The van der Waals surface area contributed by atoms with E-state index in [1.807, 2.05) is 18.4 Å². The normalized spacial score (nSPS) is 12.5. The Kier molecular flexibility index (Phi) is 5.66.